The Hall–Kier alpha value is -8.54. The average molecular weight is 782 g/mol. The highest BCUT2D eigenvalue weighted by molar-refractivity contribution is 6.07. The first-order valence-electron chi connectivity index (χ1n) is 17.1. The van der Waals surface area contributed by atoms with Crippen molar-refractivity contribution in [3.05, 3.63) is 155 Å². The summed E-state index contributed by atoms with van der Waals surface area (Å²) in [5, 5.41) is 23.0. The van der Waals surface area contributed by atoms with Gasteiger partial charge in [0.05, 0.1) is 12.8 Å². The lowest BCUT2D eigenvalue weighted by molar-refractivity contribution is 0.0596. The summed E-state index contributed by atoms with van der Waals surface area (Å²) in [6, 6.07) is 30.6. The zero-order valence-electron chi connectivity index (χ0n) is 30.3. The first-order chi connectivity index (χ1) is 28.1. The van der Waals surface area contributed by atoms with E-state index in [1.807, 2.05) is 18.2 Å². The monoisotopic (exact) mass is 781 g/mol. The van der Waals surface area contributed by atoms with Gasteiger partial charge in [-0.1, -0.05) is 60.7 Å². The quantitative estimate of drug-likeness (QED) is 0.0662. The Balaban J connectivity index is 1.04. The van der Waals surface area contributed by atoms with Crippen LogP contribution in [0.2, 0.25) is 0 Å². The second kappa shape index (κ2) is 18.2. The Morgan fingerprint density at radius 3 is 1.36 bits per heavy atom. The maximum absolute atomic E-state index is 13.1. The van der Waals surface area contributed by atoms with Crippen molar-refractivity contribution in [3.8, 4) is 5.75 Å². The molecule has 0 spiro atoms. The summed E-state index contributed by atoms with van der Waals surface area (Å²) >= 11 is 0. The second-order valence-corrected chi connectivity index (χ2v) is 11.8. The second-order valence-electron chi connectivity index (χ2n) is 11.8. The number of methoxy groups -OCH3 is 1. The van der Waals surface area contributed by atoms with Gasteiger partial charge in [0.2, 0.25) is 0 Å². The Kier molecular flexibility index (Phi) is 12.3. The smallest absolute Gasteiger partial charge is 0.413 e. The molecule has 18 heteroatoms. The van der Waals surface area contributed by atoms with E-state index in [1.54, 1.807) is 12.1 Å². The van der Waals surface area contributed by atoms with Gasteiger partial charge in [0.1, 0.15) is 58.2 Å². The lowest BCUT2D eigenvalue weighted by atomic mass is 10.1. The lowest BCUT2D eigenvalue weighted by Crippen LogP contribution is -2.20. The number of nitrogens with zero attached hydrogens (tertiary/aromatic N) is 4. The summed E-state index contributed by atoms with van der Waals surface area (Å²) in [4.78, 5) is 93.0. The third-order valence-corrected chi connectivity index (χ3v) is 7.78. The summed E-state index contributed by atoms with van der Waals surface area (Å²) in [7, 11) is 1.15. The van der Waals surface area contributed by atoms with Gasteiger partial charge in [-0.3, -0.25) is 24.5 Å². The van der Waals surface area contributed by atoms with Crippen LogP contribution in [0, 0.1) is 0 Å². The van der Waals surface area contributed by atoms with Gasteiger partial charge in [0.25, 0.3) is 23.6 Å². The van der Waals surface area contributed by atoms with Crippen LogP contribution in [-0.4, -0.2) is 67.8 Å². The number of hydrogen-bond acceptors (Lipinski definition) is 13. The third kappa shape index (κ3) is 10.2. The van der Waals surface area contributed by atoms with Crippen LogP contribution in [0.25, 0.3) is 0 Å². The number of esters is 1. The molecule has 2 aromatic carbocycles. The molecule has 0 fully saturated rings. The van der Waals surface area contributed by atoms with Crippen molar-refractivity contribution in [1.82, 2.24) is 19.9 Å². The van der Waals surface area contributed by atoms with E-state index in [1.165, 1.54) is 91.0 Å². The predicted molar refractivity (Wildman–Crippen MR) is 208 cm³/mol. The van der Waals surface area contributed by atoms with Crippen LogP contribution in [0.5, 0.6) is 5.75 Å². The largest absolute Gasteiger partial charge is 0.505 e. The molecule has 4 aromatic heterocycles. The number of aromatic hydroxyl groups is 1. The highest BCUT2D eigenvalue weighted by atomic mass is 16.5. The van der Waals surface area contributed by atoms with Crippen LogP contribution in [0.3, 0.4) is 0 Å². The number of carbonyl (C=O) groups is 6. The number of ether oxygens (including phenoxy) is 2. The number of benzene rings is 2. The molecule has 6 aromatic rings. The molecular formula is C40H31N9O9. The van der Waals surface area contributed by atoms with E-state index in [0.717, 1.165) is 12.7 Å². The number of rotatable bonds is 12. The van der Waals surface area contributed by atoms with E-state index < -0.39 is 41.4 Å². The van der Waals surface area contributed by atoms with Gasteiger partial charge in [-0.25, -0.2) is 29.5 Å². The zero-order valence-corrected chi connectivity index (χ0v) is 30.3. The van der Waals surface area contributed by atoms with Crippen molar-refractivity contribution in [2.75, 3.05) is 33.7 Å². The number of phenols is 1. The molecule has 6 rings (SSSR count). The highest BCUT2D eigenvalue weighted by Crippen LogP contribution is 2.28. The summed E-state index contributed by atoms with van der Waals surface area (Å²) in [5.41, 5.74) is 0.201. The lowest BCUT2D eigenvalue weighted by Gasteiger charge is -2.11. The maximum atomic E-state index is 13.1. The standard InChI is InChI=1S/C40H31N9O9/c1-57-39(55)24-12-5-13-25(34(24)50)45-35(51)26-14-6-18-30(41-26)46-36(52)27-15-7-19-31(42-27)47-37(53)28-16-8-20-32(43-28)48-38(54)29-17-9-21-33(44-29)49-40(56)58-22-23-10-3-2-4-11-23/h2-21,50H,22H2,1H3,(H,45,51)(H,41,46,52)(H,42,47,53)(H,43,48,54)(H,44,49,56). The van der Waals surface area contributed by atoms with Crippen LogP contribution in [0.15, 0.2) is 121 Å². The van der Waals surface area contributed by atoms with Crippen molar-refractivity contribution < 1.29 is 43.3 Å². The van der Waals surface area contributed by atoms with Crippen molar-refractivity contribution in [2.45, 2.75) is 6.61 Å². The molecule has 290 valence electrons. The third-order valence-electron chi connectivity index (χ3n) is 7.78. The van der Waals surface area contributed by atoms with Crippen LogP contribution in [-0.2, 0) is 16.1 Å². The summed E-state index contributed by atoms with van der Waals surface area (Å²) < 4.78 is 9.83. The van der Waals surface area contributed by atoms with Gasteiger partial charge in [0.15, 0.2) is 5.75 Å². The molecule has 0 aliphatic carbocycles. The van der Waals surface area contributed by atoms with E-state index in [4.69, 9.17) is 4.74 Å². The number of nitrogens with one attached hydrogen (secondary N) is 5. The van der Waals surface area contributed by atoms with E-state index in [2.05, 4.69) is 51.3 Å². The van der Waals surface area contributed by atoms with Gasteiger partial charge in [-0.05, 0) is 66.2 Å². The number of phenolic OH excluding ortho intramolecular Hbond substituents is 1. The van der Waals surface area contributed by atoms with Crippen molar-refractivity contribution >= 4 is 64.7 Å². The Morgan fingerprint density at radius 1 is 0.500 bits per heavy atom. The van der Waals surface area contributed by atoms with E-state index in [-0.39, 0.29) is 63.9 Å². The molecule has 18 nitrogen and oxygen atoms in total. The Labute approximate surface area is 328 Å². The number of hydrogen-bond donors (Lipinski definition) is 6. The molecule has 58 heavy (non-hydrogen) atoms. The summed E-state index contributed by atoms with van der Waals surface area (Å²) in [6.07, 6.45) is -0.759. The molecule has 5 amide bonds. The van der Waals surface area contributed by atoms with E-state index in [0.29, 0.717) is 0 Å². The maximum Gasteiger partial charge on any atom is 0.413 e. The normalized spacial score (nSPS) is 10.4. The molecule has 0 atom stereocenters. The molecule has 0 unspecified atom stereocenters. The van der Waals surface area contributed by atoms with Gasteiger partial charge in [-0.2, -0.15) is 0 Å². The van der Waals surface area contributed by atoms with Gasteiger partial charge < -0.3 is 35.8 Å². The van der Waals surface area contributed by atoms with Gasteiger partial charge in [0, 0.05) is 0 Å². The molecule has 4 heterocycles. The van der Waals surface area contributed by atoms with Crippen LogP contribution < -0.4 is 26.6 Å². The minimum atomic E-state index is -0.797. The minimum absolute atomic E-state index is 0.000204. The summed E-state index contributed by atoms with van der Waals surface area (Å²) in [6.45, 7) is 0.0451. The molecular weight excluding hydrogens is 750 g/mol. The number of carbonyl (C=O) groups excluding carboxylic acids is 6. The highest BCUT2D eigenvalue weighted by Gasteiger charge is 2.19. The summed E-state index contributed by atoms with van der Waals surface area (Å²) in [5.74, 6) is -4.04. The van der Waals surface area contributed by atoms with Crippen LogP contribution >= 0.6 is 0 Å². The zero-order chi connectivity index (χ0) is 41.0. The molecule has 6 N–H and O–H groups in total. The van der Waals surface area contributed by atoms with Crippen molar-refractivity contribution in [3.63, 3.8) is 0 Å². The Bertz CT molecular complexity index is 2530. The molecule has 0 saturated heterocycles. The van der Waals surface area contributed by atoms with E-state index >= 15 is 0 Å². The first kappa shape index (κ1) is 39.2. The first-order valence-corrected chi connectivity index (χ1v) is 17.1. The topological polar surface area (TPSA) is 253 Å². The molecule has 0 radical (unpaired) electrons. The Morgan fingerprint density at radius 2 is 0.914 bits per heavy atom. The van der Waals surface area contributed by atoms with Crippen LogP contribution in [0.4, 0.5) is 33.8 Å². The fourth-order valence-corrected chi connectivity index (χ4v) is 5.03. The molecule has 0 aliphatic heterocycles. The minimum Gasteiger partial charge on any atom is -0.505 e. The number of anilines is 5. The number of amides is 5. The van der Waals surface area contributed by atoms with Crippen molar-refractivity contribution in [2.24, 2.45) is 0 Å². The van der Waals surface area contributed by atoms with Gasteiger partial charge in [-0.15, -0.1) is 0 Å². The van der Waals surface area contributed by atoms with E-state index in [9.17, 15) is 33.9 Å². The number of para-hydroxylation sites is 1. The molecule has 0 saturated carbocycles. The number of aromatic nitrogens is 4. The van der Waals surface area contributed by atoms with Gasteiger partial charge >= 0.3 is 12.1 Å². The predicted octanol–water partition coefficient (Wildman–Crippen LogP) is 5.52. The van der Waals surface area contributed by atoms with Crippen molar-refractivity contribution in [1.29, 1.82) is 0 Å². The number of pyridine rings is 4. The molecule has 0 bridgehead atoms. The average Bonchev–Trinajstić information content (AvgIpc) is 3.24. The fourth-order valence-electron chi connectivity index (χ4n) is 5.03. The molecule has 0 aliphatic rings. The SMILES string of the molecule is COC(=O)c1cccc(NC(=O)c2cccc(NC(=O)c3cccc(NC(=O)c4cccc(NC(=O)c5cccc(NC(=O)OCc6ccccc6)n5)n4)n3)n2)c1O. The van der Waals surface area contributed by atoms with Crippen LogP contribution in [0.1, 0.15) is 57.9 Å². The fraction of sp³-hybridized carbons (Fsp3) is 0.0500.